The van der Waals surface area contributed by atoms with Crippen LogP contribution in [-0.2, 0) is 57.9 Å². The molecule has 0 bridgehead atoms. The molecule has 0 saturated heterocycles. The van der Waals surface area contributed by atoms with Gasteiger partial charge in [0.15, 0.2) is 0 Å². The fourth-order valence-electron chi connectivity index (χ4n) is 16.8. The van der Waals surface area contributed by atoms with E-state index in [-0.39, 0.29) is 102 Å². The predicted molar refractivity (Wildman–Crippen MR) is 542 cm³/mol. The van der Waals surface area contributed by atoms with E-state index in [1.54, 1.807) is 23.2 Å². The second-order valence-electron chi connectivity index (χ2n) is 35.8. The van der Waals surface area contributed by atoms with Crippen LogP contribution < -0.4 is 120 Å². The standard InChI is InChI=1S/C18H22N2O2.C17H20N2O3.C17H20N2O2.C16H16N2O2.2C15H15N3O2.6CH4/c1-10(2)8-11-6-7-12-4-3-5-14(13(12)9-11)20-16-15(19)17(21)18(16)22;1-10(2)7-11-3-4-13-12(8-11)9-19(5-6-22-13)15-14(18)16(20)17(15)21;1-9(2)7-10-3-4-11-5-6-13(12(11)8-10)19-15-14(18)16(20)17(15)21;1-9(2)7-10-3-4-11-5-6-18(12(11)8-10)14-13(17)15(19)16(14)20;1-8(2)5-9-3-4-10-7-18(17-11(10)6-9)13-12(16)14(19)15(13)20;1-8(2)5-9-3-4-10-7-17-18(11(10)6-9)13-12(16)14(19)15(13)20;;;;;;/h6-7,9-10,14,20H,3-5,8,19H2,1-2H3;3-4,8,10H,5-7,9,18H2,1-2H3;3-4,8-9,13,19H,5-7,18H2,1-2H3;3-6,8-9H,7,17H2,1-2H3;2*3-4,6-8H,5,16H2,1-2H3;6*1H4. The minimum Gasteiger partial charge on any atom is -0.491 e. The molecule has 27 heteroatoms. The molecule has 3 aromatic heterocycles. The van der Waals surface area contributed by atoms with E-state index in [0.717, 1.165) is 115 Å². The van der Waals surface area contributed by atoms with Gasteiger partial charge in [0.05, 0.1) is 41.4 Å². The highest BCUT2D eigenvalue weighted by Gasteiger charge is 2.32. The maximum Gasteiger partial charge on any atom is 0.255 e. The average Bonchev–Trinajstić information content (AvgIpc) is 1.63. The number of ether oxygens (including phenoxy) is 1. The summed E-state index contributed by atoms with van der Waals surface area (Å²) in [6.07, 6.45) is 16.2. The number of fused-ring (bicyclic) bond motifs is 6. The van der Waals surface area contributed by atoms with Crippen LogP contribution in [0.2, 0.25) is 0 Å². The molecule has 1 aliphatic heterocycles. The normalized spacial score (nSPS) is 13.6. The van der Waals surface area contributed by atoms with Crippen LogP contribution in [0.3, 0.4) is 0 Å². The SMILES string of the molecule is C.C.C.C.C.C.CC(C)Cc1ccc2c(c1)C(Nc1c(N)c(=O)c1=O)CC2.CC(C)Cc1ccc2c(c1)C(Nc1c(N)c(=O)c1=O)CCC2.CC(C)Cc1ccc2c(c1)CN(c1c(N)c(=O)c1=O)CCO2.CC(C)Cc1ccc2ccn(-c3c(N)c(=O)c3=O)c2c1.CC(C)Cc1ccc2cn(-c3c(N)c(=O)c3=O)nc2c1.CC(C)Cc1ccc2cnn(-c3c(N)c(=O)c3=O)c2c1. The molecular formula is C104H132N14O13. The van der Waals surface area contributed by atoms with E-state index in [1.807, 2.05) is 47.4 Å². The van der Waals surface area contributed by atoms with Gasteiger partial charge in [-0.15, -0.1) is 0 Å². The second kappa shape index (κ2) is 43.1. The Bertz CT molecular complexity index is 6900. The summed E-state index contributed by atoms with van der Waals surface area (Å²) in [4.78, 5) is 139. The molecule has 27 nitrogen and oxygen atoms in total. The number of nitrogen functional groups attached to an aromatic ring is 6. The molecule has 0 fully saturated rings. The van der Waals surface area contributed by atoms with Crippen LogP contribution >= 0.6 is 0 Å². The van der Waals surface area contributed by atoms with Crippen LogP contribution in [0.15, 0.2) is 191 Å². The summed E-state index contributed by atoms with van der Waals surface area (Å²) in [5, 5.41) is 17.8. The van der Waals surface area contributed by atoms with Crippen molar-refractivity contribution in [1.29, 1.82) is 0 Å². The monoisotopic (exact) mass is 1790 g/mol. The van der Waals surface area contributed by atoms with Crippen molar-refractivity contribution < 1.29 is 4.74 Å². The van der Waals surface area contributed by atoms with Gasteiger partial charge in [0, 0.05) is 35.3 Å². The number of hydrogen-bond donors (Lipinski definition) is 8. The Morgan fingerprint density at radius 2 is 0.779 bits per heavy atom. The lowest BCUT2D eigenvalue weighted by molar-refractivity contribution is 0.331. The van der Waals surface area contributed by atoms with Crippen molar-refractivity contribution in [3.63, 3.8) is 0 Å². The molecule has 0 saturated carbocycles. The number of nitrogens with two attached hydrogens (primary N) is 6. The number of hydrogen-bond acceptors (Lipinski definition) is 24. The molecule has 2 unspecified atom stereocenters. The number of aryl methyl sites for hydroxylation is 2. The van der Waals surface area contributed by atoms with Gasteiger partial charge in [-0.05, 0) is 197 Å². The molecule has 4 heterocycles. The van der Waals surface area contributed by atoms with Gasteiger partial charge in [-0.3, -0.25) is 57.5 Å². The van der Waals surface area contributed by atoms with E-state index < -0.39 is 65.1 Å². The van der Waals surface area contributed by atoms with Gasteiger partial charge >= 0.3 is 0 Å². The third-order valence-electron chi connectivity index (χ3n) is 23.0. The zero-order valence-corrected chi connectivity index (χ0v) is 72.7. The van der Waals surface area contributed by atoms with Crippen LogP contribution in [-0.4, -0.2) is 37.3 Å². The van der Waals surface area contributed by atoms with Crippen molar-refractivity contribution in [2.24, 2.45) is 35.5 Å². The molecule has 15 aromatic rings. The van der Waals surface area contributed by atoms with Gasteiger partial charge in [-0.2, -0.15) is 10.2 Å². The van der Waals surface area contributed by atoms with E-state index >= 15 is 0 Å². The highest BCUT2D eigenvalue weighted by atomic mass is 16.5. The van der Waals surface area contributed by atoms with E-state index in [0.29, 0.717) is 78.0 Å². The summed E-state index contributed by atoms with van der Waals surface area (Å²) in [5.41, 5.74) is 45.1. The van der Waals surface area contributed by atoms with Crippen molar-refractivity contribution in [3.05, 3.63) is 318 Å². The first-order chi connectivity index (χ1) is 59.3. The third kappa shape index (κ3) is 21.9. The molecule has 0 radical (unpaired) electrons. The summed E-state index contributed by atoms with van der Waals surface area (Å²) in [6, 6.07) is 39.8. The largest absolute Gasteiger partial charge is 0.491 e. The smallest absolute Gasteiger partial charge is 0.255 e. The predicted octanol–water partition coefficient (Wildman–Crippen LogP) is 14.8. The Morgan fingerprint density at radius 1 is 0.382 bits per heavy atom. The molecule has 2 aliphatic carbocycles. The van der Waals surface area contributed by atoms with E-state index in [2.05, 4.69) is 177 Å². The Labute approximate surface area is 764 Å². The van der Waals surface area contributed by atoms with E-state index in [9.17, 15) is 57.5 Å². The van der Waals surface area contributed by atoms with Crippen LogP contribution in [0, 0.1) is 35.5 Å². The quantitative estimate of drug-likeness (QED) is 0.0329. The summed E-state index contributed by atoms with van der Waals surface area (Å²) >= 11 is 0. The van der Waals surface area contributed by atoms with Crippen molar-refractivity contribution in [2.75, 3.05) is 63.1 Å². The second-order valence-corrected chi connectivity index (χ2v) is 35.8. The summed E-state index contributed by atoms with van der Waals surface area (Å²) in [5.74, 6) is 4.31. The molecule has 3 aliphatic rings. The van der Waals surface area contributed by atoms with Crippen molar-refractivity contribution in [1.82, 2.24) is 24.1 Å². The lowest BCUT2D eigenvalue weighted by Crippen LogP contribution is -2.43. The van der Waals surface area contributed by atoms with Crippen LogP contribution in [0.5, 0.6) is 5.75 Å². The molecule has 2 atom stereocenters. The first kappa shape index (κ1) is 104. The van der Waals surface area contributed by atoms with Crippen LogP contribution in [0.1, 0.15) is 220 Å². The lowest BCUT2D eigenvalue weighted by Gasteiger charge is -2.28. The number of benzene rings is 6. The summed E-state index contributed by atoms with van der Waals surface area (Å²) in [7, 11) is 0. The molecule has 18 rings (SSSR count). The molecule has 0 spiro atoms. The Kier molecular flexibility index (Phi) is 34.4. The first-order valence-electron chi connectivity index (χ1n) is 42.7. The minimum absolute atomic E-state index is 0. The zero-order chi connectivity index (χ0) is 90.2. The molecule has 696 valence electrons. The van der Waals surface area contributed by atoms with Crippen molar-refractivity contribution in [3.8, 4) is 22.8 Å². The van der Waals surface area contributed by atoms with E-state index in [1.165, 1.54) is 65.0 Å². The molecule has 12 aromatic carbocycles. The fourth-order valence-corrected chi connectivity index (χ4v) is 16.8. The molecule has 131 heavy (non-hydrogen) atoms. The Balaban J connectivity index is 0.000000213. The maximum absolute atomic E-state index is 11.7. The van der Waals surface area contributed by atoms with Gasteiger partial charge in [-0.25, -0.2) is 9.36 Å². The van der Waals surface area contributed by atoms with Crippen LogP contribution in [0.4, 0.5) is 51.2 Å². The van der Waals surface area contributed by atoms with Gasteiger partial charge in [-0.1, -0.05) is 213 Å². The summed E-state index contributed by atoms with van der Waals surface area (Å²) in [6.45, 7) is 27.7. The minimum atomic E-state index is -0.625. The lowest BCUT2D eigenvalue weighted by atomic mass is 9.85. The number of nitrogens with one attached hydrogen (secondary N) is 2. The Hall–Kier alpha value is -13.7. The van der Waals surface area contributed by atoms with Gasteiger partial charge in [0.1, 0.15) is 80.6 Å². The van der Waals surface area contributed by atoms with Gasteiger partial charge < -0.3 is 59.2 Å². The van der Waals surface area contributed by atoms with Crippen LogP contribution in [0.25, 0.3) is 49.8 Å². The van der Waals surface area contributed by atoms with Gasteiger partial charge in [0.2, 0.25) is 0 Å². The molecular weight excluding hydrogens is 1650 g/mol. The van der Waals surface area contributed by atoms with Crippen molar-refractivity contribution in [2.45, 2.75) is 217 Å². The number of aromatic nitrogens is 5. The summed E-state index contributed by atoms with van der Waals surface area (Å²) < 4.78 is 10.4. The van der Waals surface area contributed by atoms with Gasteiger partial charge in [0.25, 0.3) is 65.1 Å². The first-order valence-corrected chi connectivity index (χ1v) is 42.7. The molecule has 14 N–H and O–H groups in total. The van der Waals surface area contributed by atoms with Crippen molar-refractivity contribution >= 4 is 83.9 Å². The fraction of sp³-hybridized carbons (Fsp3) is 0.385. The highest BCUT2D eigenvalue weighted by molar-refractivity contribution is 5.86. The number of rotatable bonds is 20. The zero-order valence-electron chi connectivity index (χ0n) is 72.7. The molecule has 0 amide bonds. The Morgan fingerprint density at radius 3 is 1.26 bits per heavy atom. The number of anilines is 9. The highest BCUT2D eigenvalue weighted by Crippen LogP contribution is 2.38. The van der Waals surface area contributed by atoms with E-state index in [4.69, 9.17) is 39.1 Å². The average molecular weight is 1790 g/mol. The number of nitrogens with zero attached hydrogens (tertiary/aromatic N) is 6. The third-order valence-corrected chi connectivity index (χ3v) is 23.0. The topological polar surface area (TPSA) is 438 Å². The maximum atomic E-state index is 11.7.